The molecule has 2 aromatic rings. The molecule has 0 saturated carbocycles. The van der Waals surface area contributed by atoms with Gasteiger partial charge in [0.05, 0.1) is 13.2 Å². The normalized spacial score (nSPS) is 15.5. The molecular formula is C16H20N4O3. The maximum atomic E-state index is 12.3. The van der Waals surface area contributed by atoms with Gasteiger partial charge in [-0.25, -0.2) is 4.79 Å². The SMILES string of the molecule is O=C(NCCN1CCOCC1)Nc1c[nH]c2ccccc2c1=O. The second-order valence-corrected chi connectivity index (χ2v) is 5.41. The number of hydrogen-bond donors (Lipinski definition) is 3. The molecule has 1 aromatic heterocycles. The Labute approximate surface area is 133 Å². The number of rotatable bonds is 4. The number of nitrogens with one attached hydrogen (secondary N) is 3. The van der Waals surface area contributed by atoms with Gasteiger partial charge >= 0.3 is 6.03 Å². The summed E-state index contributed by atoms with van der Waals surface area (Å²) in [5.74, 6) is 0. The summed E-state index contributed by atoms with van der Waals surface area (Å²) >= 11 is 0. The fourth-order valence-electron chi connectivity index (χ4n) is 2.58. The minimum atomic E-state index is -0.376. The second-order valence-electron chi connectivity index (χ2n) is 5.41. The topological polar surface area (TPSA) is 86.5 Å². The molecule has 122 valence electrons. The number of urea groups is 1. The summed E-state index contributed by atoms with van der Waals surface area (Å²) in [6, 6.07) is 6.82. The van der Waals surface area contributed by atoms with Gasteiger partial charge in [0.2, 0.25) is 5.43 Å². The van der Waals surface area contributed by atoms with E-state index in [2.05, 4.69) is 20.5 Å². The van der Waals surface area contributed by atoms with E-state index in [0.29, 0.717) is 11.9 Å². The molecule has 3 rings (SSSR count). The zero-order valence-electron chi connectivity index (χ0n) is 12.8. The molecule has 0 radical (unpaired) electrons. The minimum Gasteiger partial charge on any atom is -0.379 e. The van der Waals surface area contributed by atoms with Crippen LogP contribution in [0, 0.1) is 0 Å². The number of aromatic nitrogens is 1. The second kappa shape index (κ2) is 7.26. The number of hydrogen-bond acceptors (Lipinski definition) is 4. The largest absolute Gasteiger partial charge is 0.379 e. The van der Waals surface area contributed by atoms with Gasteiger partial charge in [0.25, 0.3) is 0 Å². The first kappa shape index (κ1) is 15.5. The van der Waals surface area contributed by atoms with Crippen LogP contribution in [0.2, 0.25) is 0 Å². The first-order valence-electron chi connectivity index (χ1n) is 7.69. The number of para-hydroxylation sites is 1. The Bertz CT molecular complexity index is 737. The molecule has 1 aliphatic heterocycles. The van der Waals surface area contributed by atoms with Crippen molar-refractivity contribution >= 4 is 22.6 Å². The van der Waals surface area contributed by atoms with E-state index < -0.39 is 0 Å². The van der Waals surface area contributed by atoms with Crippen LogP contribution < -0.4 is 16.1 Å². The highest BCUT2D eigenvalue weighted by molar-refractivity contribution is 5.91. The van der Waals surface area contributed by atoms with Gasteiger partial charge in [-0.1, -0.05) is 12.1 Å². The number of aromatic amines is 1. The van der Waals surface area contributed by atoms with Crippen LogP contribution in [-0.4, -0.2) is 55.3 Å². The Kier molecular flexibility index (Phi) is 4.89. The number of H-pyrrole nitrogens is 1. The Morgan fingerprint density at radius 1 is 1.26 bits per heavy atom. The van der Waals surface area contributed by atoms with Gasteiger partial charge in [-0.15, -0.1) is 0 Å². The molecule has 23 heavy (non-hydrogen) atoms. The highest BCUT2D eigenvalue weighted by Crippen LogP contribution is 2.09. The van der Waals surface area contributed by atoms with E-state index in [4.69, 9.17) is 4.74 Å². The zero-order valence-corrected chi connectivity index (χ0v) is 12.8. The van der Waals surface area contributed by atoms with Crippen LogP contribution in [0.1, 0.15) is 0 Å². The molecule has 3 N–H and O–H groups in total. The van der Waals surface area contributed by atoms with Gasteiger partial charge in [-0.05, 0) is 12.1 Å². The molecule has 7 heteroatoms. The van der Waals surface area contributed by atoms with E-state index in [9.17, 15) is 9.59 Å². The van der Waals surface area contributed by atoms with E-state index in [1.54, 1.807) is 12.1 Å². The van der Waals surface area contributed by atoms with Crippen LogP contribution in [0.15, 0.2) is 35.3 Å². The fraction of sp³-hybridized carbons (Fsp3) is 0.375. The summed E-state index contributed by atoms with van der Waals surface area (Å²) in [6.07, 6.45) is 1.52. The lowest BCUT2D eigenvalue weighted by Gasteiger charge is -2.26. The summed E-state index contributed by atoms with van der Waals surface area (Å²) in [5, 5.41) is 5.93. The molecule has 1 aliphatic rings. The molecule has 0 unspecified atom stereocenters. The molecule has 0 atom stereocenters. The Morgan fingerprint density at radius 3 is 2.87 bits per heavy atom. The Hall–Kier alpha value is -2.38. The molecular weight excluding hydrogens is 296 g/mol. The highest BCUT2D eigenvalue weighted by Gasteiger charge is 2.11. The van der Waals surface area contributed by atoms with Crippen LogP contribution in [0.5, 0.6) is 0 Å². The highest BCUT2D eigenvalue weighted by atomic mass is 16.5. The number of benzene rings is 1. The number of carbonyl (C=O) groups excluding carboxylic acids is 1. The average molecular weight is 316 g/mol. The number of nitrogens with zero attached hydrogens (tertiary/aromatic N) is 1. The van der Waals surface area contributed by atoms with Crippen molar-refractivity contribution in [3.63, 3.8) is 0 Å². The van der Waals surface area contributed by atoms with Crippen molar-refractivity contribution < 1.29 is 9.53 Å². The van der Waals surface area contributed by atoms with Crippen LogP contribution in [0.3, 0.4) is 0 Å². The van der Waals surface area contributed by atoms with E-state index in [1.165, 1.54) is 6.20 Å². The van der Waals surface area contributed by atoms with E-state index >= 15 is 0 Å². The lowest BCUT2D eigenvalue weighted by atomic mass is 10.2. The van der Waals surface area contributed by atoms with Gasteiger partial charge in [-0.3, -0.25) is 9.69 Å². The molecule has 0 bridgehead atoms. The fourth-order valence-corrected chi connectivity index (χ4v) is 2.58. The summed E-state index contributed by atoms with van der Waals surface area (Å²) in [7, 11) is 0. The van der Waals surface area contributed by atoms with Gasteiger partial charge < -0.3 is 20.4 Å². The van der Waals surface area contributed by atoms with Crippen LogP contribution in [0.4, 0.5) is 10.5 Å². The minimum absolute atomic E-state index is 0.192. The van der Waals surface area contributed by atoms with Crippen LogP contribution >= 0.6 is 0 Å². The third-order valence-electron chi connectivity index (χ3n) is 3.85. The first-order chi connectivity index (χ1) is 11.2. The van der Waals surface area contributed by atoms with Gasteiger partial charge in [0.1, 0.15) is 5.69 Å². The standard InChI is InChI=1S/C16H20N4O3/c21-15-12-3-1-2-4-13(12)18-11-14(15)19-16(22)17-5-6-20-7-9-23-10-8-20/h1-4,11H,5-10H2,(H,18,21)(H2,17,19,22). The van der Waals surface area contributed by atoms with E-state index in [1.807, 2.05) is 12.1 Å². The molecule has 2 heterocycles. The quantitative estimate of drug-likeness (QED) is 0.785. The summed E-state index contributed by atoms with van der Waals surface area (Å²) in [5.41, 5.74) is 0.797. The predicted octanol–water partition coefficient (Wildman–Crippen LogP) is 0.982. The van der Waals surface area contributed by atoms with Crippen LogP contribution in [0.25, 0.3) is 10.9 Å². The number of ether oxygens (including phenoxy) is 1. The molecule has 1 aromatic carbocycles. The van der Waals surface area contributed by atoms with Crippen molar-refractivity contribution in [2.75, 3.05) is 44.7 Å². The Balaban J connectivity index is 1.55. The van der Waals surface area contributed by atoms with Gasteiger partial charge in [0, 0.05) is 43.3 Å². The van der Waals surface area contributed by atoms with E-state index in [0.717, 1.165) is 38.4 Å². The van der Waals surface area contributed by atoms with Crippen LogP contribution in [-0.2, 0) is 4.74 Å². The van der Waals surface area contributed by atoms with Gasteiger partial charge in [-0.2, -0.15) is 0 Å². The average Bonchev–Trinajstić information content (AvgIpc) is 2.59. The predicted molar refractivity (Wildman–Crippen MR) is 88.8 cm³/mol. The summed E-state index contributed by atoms with van der Waals surface area (Å²) in [4.78, 5) is 29.5. The molecule has 7 nitrogen and oxygen atoms in total. The molecule has 0 aliphatic carbocycles. The number of fused-ring (bicyclic) bond motifs is 1. The number of anilines is 1. The van der Waals surface area contributed by atoms with Crippen molar-refractivity contribution in [1.29, 1.82) is 0 Å². The molecule has 1 fully saturated rings. The van der Waals surface area contributed by atoms with Crippen molar-refractivity contribution in [3.05, 3.63) is 40.7 Å². The lowest BCUT2D eigenvalue weighted by molar-refractivity contribution is 0.0388. The third kappa shape index (κ3) is 3.88. The Morgan fingerprint density at radius 2 is 2.04 bits per heavy atom. The molecule has 0 spiro atoms. The summed E-state index contributed by atoms with van der Waals surface area (Å²) in [6.45, 7) is 4.53. The lowest BCUT2D eigenvalue weighted by Crippen LogP contribution is -2.42. The number of carbonyl (C=O) groups is 1. The maximum absolute atomic E-state index is 12.3. The molecule has 2 amide bonds. The van der Waals surface area contributed by atoms with Crippen molar-refractivity contribution in [2.24, 2.45) is 0 Å². The van der Waals surface area contributed by atoms with Crippen molar-refractivity contribution in [2.45, 2.75) is 0 Å². The number of pyridine rings is 1. The number of morpholine rings is 1. The van der Waals surface area contributed by atoms with Gasteiger partial charge in [0.15, 0.2) is 0 Å². The maximum Gasteiger partial charge on any atom is 0.319 e. The molecule has 1 saturated heterocycles. The monoisotopic (exact) mass is 316 g/mol. The zero-order chi connectivity index (χ0) is 16.1. The van der Waals surface area contributed by atoms with Crippen molar-refractivity contribution in [3.8, 4) is 0 Å². The smallest absolute Gasteiger partial charge is 0.319 e. The van der Waals surface area contributed by atoms with E-state index in [-0.39, 0.29) is 17.1 Å². The van der Waals surface area contributed by atoms with Crippen molar-refractivity contribution in [1.82, 2.24) is 15.2 Å². The first-order valence-corrected chi connectivity index (χ1v) is 7.69. The number of amides is 2. The third-order valence-corrected chi connectivity index (χ3v) is 3.85. The summed E-state index contributed by atoms with van der Waals surface area (Å²) < 4.78 is 5.27.